The van der Waals surface area contributed by atoms with Crippen molar-refractivity contribution in [1.29, 1.82) is 0 Å². The highest BCUT2D eigenvalue weighted by molar-refractivity contribution is 6.07. The molecule has 1 aliphatic carbocycles. The first kappa shape index (κ1) is 19.0. The van der Waals surface area contributed by atoms with Gasteiger partial charge in [0, 0.05) is 31.6 Å². The summed E-state index contributed by atoms with van der Waals surface area (Å²) in [6.45, 7) is -0.329. The molecule has 0 bridgehead atoms. The van der Waals surface area contributed by atoms with Crippen LogP contribution in [0.2, 0.25) is 0 Å². The number of pyridine rings is 1. The van der Waals surface area contributed by atoms with E-state index in [1.165, 1.54) is 4.90 Å². The van der Waals surface area contributed by atoms with Crippen molar-refractivity contribution in [2.45, 2.75) is 24.9 Å². The number of anilines is 1. The molecule has 3 heterocycles. The largest absolute Gasteiger partial charge is 0.328 e. The molecule has 3 aromatic rings. The van der Waals surface area contributed by atoms with Gasteiger partial charge in [-0.1, -0.05) is 6.07 Å². The third-order valence-corrected chi connectivity index (χ3v) is 5.94. The molecule has 0 saturated carbocycles. The third kappa shape index (κ3) is 2.88. The van der Waals surface area contributed by atoms with Gasteiger partial charge in [0.1, 0.15) is 17.9 Å². The lowest BCUT2D eigenvalue weighted by molar-refractivity contribution is -0.125. The molecule has 1 atom stereocenters. The van der Waals surface area contributed by atoms with Crippen LogP contribution in [-0.4, -0.2) is 49.9 Å². The van der Waals surface area contributed by atoms with Gasteiger partial charge in [0.25, 0.3) is 5.91 Å². The van der Waals surface area contributed by atoms with Crippen molar-refractivity contribution in [3.8, 4) is 0 Å². The summed E-state index contributed by atoms with van der Waals surface area (Å²) < 4.78 is 14.6. The van der Waals surface area contributed by atoms with Crippen LogP contribution in [0.25, 0.3) is 11.2 Å². The van der Waals surface area contributed by atoms with E-state index in [4.69, 9.17) is 0 Å². The van der Waals surface area contributed by atoms with Crippen LogP contribution in [0, 0.1) is 5.82 Å². The second kappa shape index (κ2) is 6.49. The van der Waals surface area contributed by atoms with E-state index in [1.54, 1.807) is 25.2 Å². The number of hydrogen-bond donors (Lipinski definition) is 3. The highest BCUT2D eigenvalue weighted by Gasteiger charge is 2.54. The van der Waals surface area contributed by atoms with Crippen LogP contribution in [0.15, 0.2) is 35.3 Å². The van der Waals surface area contributed by atoms with Crippen molar-refractivity contribution < 1.29 is 18.8 Å². The van der Waals surface area contributed by atoms with Gasteiger partial charge in [0.2, 0.25) is 5.91 Å². The summed E-state index contributed by atoms with van der Waals surface area (Å²) in [5, 5.41) is 5.06. The number of aromatic amines is 1. The summed E-state index contributed by atoms with van der Waals surface area (Å²) in [7, 11) is 1.59. The van der Waals surface area contributed by atoms with E-state index in [1.807, 2.05) is 0 Å². The maximum Gasteiger partial charge on any atom is 0.328 e. The van der Waals surface area contributed by atoms with E-state index >= 15 is 0 Å². The number of nitrogens with one attached hydrogen (secondary N) is 3. The predicted molar refractivity (Wildman–Crippen MR) is 107 cm³/mol. The van der Waals surface area contributed by atoms with E-state index in [9.17, 15) is 23.6 Å². The number of rotatable bonds is 3. The Labute approximate surface area is 174 Å². The number of urea groups is 1. The molecule has 4 amide bonds. The quantitative estimate of drug-likeness (QED) is 0.528. The average molecular weight is 424 g/mol. The molecule has 31 heavy (non-hydrogen) atoms. The van der Waals surface area contributed by atoms with Crippen LogP contribution in [0.5, 0.6) is 0 Å². The standard InChI is InChI=1S/C20H17FN6O4/c1-26-18(30)25-17(29)20(26)6-10-2-3-13(4-11(10)7-20)23-15(28)9-27-14-5-12(21)8-22-16(14)24-19(27)31/h2-5,8H,6-7,9H2,1H3,(H,23,28)(H,22,24,31)(H,25,29,30). The topological polar surface area (TPSA) is 129 Å². The number of carbonyl (C=O) groups excluding carboxylic acids is 3. The Morgan fingerprint density at radius 1 is 1.23 bits per heavy atom. The van der Waals surface area contributed by atoms with Gasteiger partial charge in [-0.15, -0.1) is 0 Å². The fourth-order valence-corrected chi connectivity index (χ4v) is 4.28. The Bertz CT molecular complexity index is 1350. The van der Waals surface area contributed by atoms with Crippen molar-refractivity contribution in [2.75, 3.05) is 12.4 Å². The monoisotopic (exact) mass is 424 g/mol. The Balaban J connectivity index is 1.36. The summed E-state index contributed by atoms with van der Waals surface area (Å²) >= 11 is 0. The molecule has 1 saturated heterocycles. The van der Waals surface area contributed by atoms with Gasteiger partial charge in [-0.3, -0.25) is 24.5 Å². The van der Waals surface area contributed by atoms with Gasteiger partial charge in [0.15, 0.2) is 5.65 Å². The molecule has 2 aliphatic rings. The van der Waals surface area contributed by atoms with Gasteiger partial charge in [-0.05, 0) is 23.3 Å². The first-order valence-corrected chi connectivity index (χ1v) is 9.52. The third-order valence-electron chi connectivity index (χ3n) is 5.94. The molecule has 5 rings (SSSR count). The number of aromatic nitrogens is 3. The second-order valence-electron chi connectivity index (χ2n) is 7.77. The minimum atomic E-state index is -0.948. The minimum absolute atomic E-state index is 0.190. The lowest BCUT2D eigenvalue weighted by atomic mass is 9.95. The van der Waals surface area contributed by atoms with Gasteiger partial charge in [-0.25, -0.2) is 19.0 Å². The maximum atomic E-state index is 13.5. The summed E-state index contributed by atoms with van der Waals surface area (Å²) in [6.07, 6.45) is 1.72. The highest BCUT2D eigenvalue weighted by Crippen LogP contribution is 2.38. The van der Waals surface area contributed by atoms with Crippen LogP contribution < -0.4 is 16.3 Å². The Kier molecular flexibility index (Phi) is 3.97. The smallest absolute Gasteiger partial charge is 0.325 e. The van der Waals surface area contributed by atoms with Crippen molar-refractivity contribution in [1.82, 2.24) is 24.8 Å². The summed E-state index contributed by atoms with van der Waals surface area (Å²) in [5.74, 6) is -1.43. The number of fused-ring (bicyclic) bond motifs is 2. The molecule has 10 nitrogen and oxygen atoms in total. The Morgan fingerprint density at radius 3 is 2.74 bits per heavy atom. The number of benzene rings is 1. The molecule has 1 aliphatic heterocycles. The fraction of sp³-hybridized carbons (Fsp3) is 0.250. The normalized spacial score (nSPS) is 19.9. The van der Waals surface area contributed by atoms with Gasteiger partial charge in [0.05, 0.1) is 11.7 Å². The number of imidazole rings is 1. The number of nitrogens with zero attached hydrogens (tertiary/aromatic N) is 3. The van der Waals surface area contributed by atoms with Crippen molar-refractivity contribution in [3.05, 3.63) is 57.9 Å². The molecular formula is C20H17FN6O4. The van der Waals surface area contributed by atoms with E-state index in [-0.39, 0.29) is 23.6 Å². The molecular weight excluding hydrogens is 407 g/mol. The molecule has 3 N–H and O–H groups in total. The molecule has 2 aromatic heterocycles. The van der Waals surface area contributed by atoms with Crippen LogP contribution in [0.3, 0.4) is 0 Å². The number of likely N-dealkylation sites (N-methyl/N-ethyl adjacent to an activating group) is 1. The number of halogens is 1. The van der Waals surface area contributed by atoms with E-state index in [2.05, 4.69) is 20.6 Å². The first-order chi connectivity index (χ1) is 14.8. The van der Waals surface area contributed by atoms with E-state index in [0.29, 0.717) is 18.5 Å². The van der Waals surface area contributed by atoms with Gasteiger partial charge >= 0.3 is 11.7 Å². The Morgan fingerprint density at radius 2 is 2.00 bits per heavy atom. The summed E-state index contributed by atoms with van der Waals surface area (Å²) in [4.78, 5) is 56.6. The number of amides is 4. The molecule has 1 aromatic carbocycles. The van der Waals surface area contributed by atoms with Crippen molar-refractivity contribution >= 4 is 34.7 Å². The second-order valence-corrected chi connectivity index (χ2v) is 7.77. The molecule has 1 fully saturated rings. The SMILES string of the molecule is CN1C(=O)NC(=O)C12Cc1ccc(NC(=O)Cn3c(=O)[nH]c4ncc(F)cc43)cc1C2. The van der Waals surface area contributed by atoms with Crippen LogP contribution in [0.1, 0.15) is 11.1 Å². The van der Waals surface area contributed by atoms with E-state index in [0.717, 1.165) is 28.0 Å². The average Bonchev–Trinajstić information content (AvgIpc) is 3.31. The first-order valence-electron chi connectivity index (χ1n) is 9.52. The summed E-state index contributed by atoms with van der Waals surface area (Å²) in [6, 6.07) is 5.96. The zero-order valence-electron chi connectivity index (χ0n) is 16.4. The van der Waals surface area contributed by atoms with Crippen LogP contribution in [0.4, 0.5) is 14.9 Å². The zero-order chi connectivity index (χ0) is 21.9. The highest BCUT2D eigenvalue weighted by atomic mass is 19.1. The Hall–Kier alpha value is -4.02. The molecule has 11 heteroatoms. The van der Waals surface area contributed by atoms with Crippen LogP contribution in [-0.2, 0) is 29.0 Å². The van der Waals surface area contributed by atoms with Crippen LogP contribution >= 0.6 is 0 Å². The zero-order valence-corrected chi connectivity index (χ0v) is 16.4. The number of carbonyl (C=O) groups is 3. The molecule has 1 spiro atoms. The summed E-state index contributed by atoms with van der Waals surface area (Å²) in [5.41, 5.74) is 1.13. The lowest BCUT2D eigenvalue weighted by Crippen LogP contribution is -2.48. The predicted octanol–water partition coefficient (Wildman–Crippen LogP) is 0.521. The molecule has 0 radical (unpaired) electrons. The number of hydrogen-bond acceptors (Lipinski definition) is 5. The fourth-order valence-electron chi connectivity index (χ4n) is 4.28. The lowest BCUT2D eigenvalue weighted by Gasteiger charge is -2.27. The molecule has 158 valence electrons. The van der Waals surface area contributed by atoms with Gasteiger partial charge < -0.3 is 10.2 Å². The maximum absolute atomic E-state index is 13.5. The van der Waals surface area contributed by atoms with Crippen molar-refractivity contribution in [2.24, 2.45) is 0 Å². The van der Waals surface area contributed by atoms with Gasteiger partial charge in [-0.2, -0.15) is 0 Å². The number of H-pyrrole nitrogens is 1. The molecule has 1 unspecified atom stereocenters. The minimum Gasteiger partial charge on any atom is -0.325 e. The van der Waals surface area contributed by atoms with Crippen molar-refractivity contribution in [3.63, 3.8) is 0 Å². The number of imide groups is 1. The van der Waals surface area contributed by atoms with E-state index < -0.39 is 29.0 Å².